The van der Waals surface area contributed by atoms with Crippen LogP contribution in [0.4, 0.5) is 4.79 Å². The van der Waals surface area contributed by atoms with Crippen molar-refractivity contribution in [3.63, 3.8) is 0 Å². The lowest BCUT2D eigenvalue weighted by atomic mass is 10.0. The first-order valence-corrected chi connectivity index (χ1v) is 9.88. The summed E-state index contributed by atoms with van der Waals surface area (Å²) in [5.41, 5.74) is 0.760. The summed E-state index contributed by atoms with van der Waals surface area (Å²) in [6, 6.07) is 14.6. The Morgan fingerprint density at radius 1 is 1.06 bits per heavy atom. The van der Waals surface area contributed by atoms with Crippen molar-refractivity contribution in [1.82, 2.24) is 5.32 Å². The maximum Gasteiger partial charge on any atom is 0.414 e. The van der Waals surface area contributed by atoms with Gasteiger partial charge in [0.2, 0.25) is 0 Å². The van der Waals surface area contributed by atoms with Crippen molar-refractivity contribution < 1.29 is 38.8 Å². The molecule has 2 amide bonds. The number of nitrogens with one attached hydrogen (secondary N) is 1. The standard InChI is InChI=1S/C23H25NO8/c1-2-30-19(12-13-20(26)27)21(16-8-10-18(11-9-16)31-15-14-25)32-23(29)24-22(28)17-6-4-3-5-7-17/h3-13,19,21,25H,2,14-15H2,1H3,(H,26,27)(H,24,28,29)/b13-12+/t19-,21-/m0/s1. The van der Waals surface area contributed by atoms with Crippen LogP contribution < -0.4 is 10.1 Å². The predicted molar refractivity (Wildman–Crippen MR) is 114 cm³/mol. The van der Waals surface area contributed by atoms with Crippen LogP contribution >= 0.6 is 0 Å². The monoisotopic (exact) mass is 443 g/mol. The van der Waals surface area contributed by atoms with Gasteiger partial charge in [-0.3, -0.25) is 10.1 Å². The molecule has 2 rings (SSSR count). The molecule has 0 aliphatic heterocycles. The van der Waals surface area contributed by atoms with E-state index in [0.29, 0.717) is 11.3 Å². The van der Waals surface area contributed by atoms with Crippen molar-refractivity contribution in [2.45, 2.75) is 19.1 Å². The number of aliphatic hydroxyl groups excluding tert-OH is 1. The van der Waals surface area contributed by atoms with Gasteiger partial charge in [0, 0.05) is 18.2 Å². The van der Waals surface area contributed by atoms with E-state index in [9.17, 15) is 14.4 Å². The third-order valence-electron chi connectivity index (χ3n) is 4.14. The number of imide groups is 1. The van der Waals surface area contributed by atoms with E-state index in [1.54, 1.807) is 61.5 Å². The first kappa shape index (κ1) is 24.6. The predicted octanol–water partition coefficient (Wildman–Crippen LogP) is 2.71. The van der Waals surface area contributed by atoms with Gasteiger partial charge in [0.15, 0.2) is 6.10 Å². The van der Waals surface area contributed by atoms with Gasteiger partial charge in [-0.2, -0.15) is 0 Å². The normalized spacial score (nSPS) is 12.7. The van der Waals surface area contributed by atoms with Crippen LogP contribution in [0.15, 0.2) is 66.7 Å². The van der Waals surface area contributed by atoms with E-state index in [0.717, 1.165) is 6.08 Å². The van der Waals surface area contributed by atoms with E-state index >= 15 is 0 Å². The second-order valence-electron chi connectivity index (χ2n) is 6.40. The van der Waals surface area contributed by atoms with E-state index in [1.807, 2.05) is 0 Å². The maximum absolute atomic E-state index is 12.5. The molecule has 2 atom stereocenters. The Kier molecular flexibility index (Phi) is 9.89. The highest BCUT2D eigenvalue weighted by atomic mass is 16.6. The average Bonchev–Trinajstić information content (AvgIpc) is 2.80. The van der Waals surface area contributed by atoms with Gasteiger partial charge in [0.1, 0.15) is 18.5 Å². The van der Waals surface area contributed by atoms with E-state index in [1.165, 1.54) is 6.08 Å². The van der Waals surface area contributed by atoms with Crippen molar-refractivity contribution >= 4 is 18.0 Å². The number of rotatable bonds is 11. The number of ether oxygens (including phenoxy) is 3. The number of aliphatic hydroxyl groups is 1. The molecule has 2 aromatic carbocycles. The summed E-state index contributed by atoms with van der Waals surface area (Å²) in [5, 5.41) is 20.0. The summed E-state index contributed by atoms with van der Waals surface area (Å²) in [4.78, 5) is 35.7. The molecular formula is C23H25NO8. The van der Waals surface area contributed by atoms with Crippen LogP contribution in [-0.2, 0) is 14.3 Å². The number of benzene rings is 2. The van der Waals surface area contributed by atoms with E-state index in [4.69, 9.17) is 24.4 Å². The van der Waals surface area contributed by atoms with Gasteiger partial charge >= 0.3 is 12.1 Å². The first-order valence-electron chi connectivity index (χ1n) is 9.88. The Hall–Kier alpha value is -3.69. The fourth-order valence-electron chi connectivity index (χ4n) is 2.75. The Balaban J connectivity index is 2.24. The molecule has 0 saturated heterocycles. The molecule has 0 spiro atoms. The smallest absolute Gasteiger partial charge is 0.414 e. The number of carboxylic acid groups (broad SMARTS) is 1. The summed E-state index contributed by atoms with van der Waals surface area (Å²) in [6.07, 6.45) is -0.849. The zero-order chi connectivity index (χ0) is 23.3. The van der Waals surface area contributed by atoms with Gasteiger partial charge in [0.25, 0.3) is 5.91 Å². The Labute approximate surface area is 185 Å². The third-order valence-corrected chi connectivity index (χ3v) is 4.14. The second-order valence-corrected chi connectivity index (χ2v) is 6.40. The quantitative estimate of drug-likeness (QED) is 0.452. The molecule has 170 valence electrons. The highest BCUT2D eigenvalue weighted by Gasteiger charge is 2.27. The highest BCUT2D eigenvalue weighted by molar-refractivity contribution is 6.02. The Morgan fingerprint density at radius 2 is 1.75 bits per heavy atom. The van der Waals surface area contributed by atoms with Crippen LogP contribution in [0.2, 0.25) is 0 Å². The van der Waals surface area contributed by atoms with Crippen molar-refractivity contribution in [1.29, 1.82) is 0 Å². The Bertz CT molecular complexity index is 911. The van der Waals surface area contributed by atoms with Gasteiger partial charge in [-0.05, 0) is 42.8 Å². The first-order chi connectivity index (χ1) is 15.4. The highest BCUT2D eigenvalue weighted by Crippen LogP contribution is 2.27. The fourth-order valence-corrected chi connectivity index (χ4v) is 2.75. The zero-order valence-corrected chi connectivity index (χ0v) is 17.5. The molecule has 0 saturated carbocycles. The minimum Gasteiger partial charge on any atom is -0.491 e. The van der Waals surface area contributed by atoms with Gasteiger partial charge in [-0.1, -0.05) is 30.3 Å². The molecule has 0 radical (unpaired) electrons. The molecule has 9 heteroatoms. The number of carbonyl (C=O) groups excluding carboxylic acids is 2. The average molecular weight is 443 g/mol. The molecule has 0 heterocycles. The van der Waals surface area contributed by atoms with Crippen LogP contribution in [0.1, 0.15) is 28.9 Å². The summed E-state index contributed by atoms with van der Waals surface area (Å²) >= 11 is 0. The Morgan fingerprint density at radius 3 is 2.34 bits per heavy atom. The van der Waals surface area contributed by atoms with E-state index in [2.05, 4.69) is 5.32 Å². The summed E-state index contributed by atoms with van der Waals surface area (Å²) < 4.78 is 16.4. The van der Waals surface area contributed by atoms with E-state index < -0.39 is 30.2 Å². The molecule has 0 aromatic heterocycles. The number of amides is 2. The molecule has 0 bridgehead atoms. The minimum absolute atomic E-state index is 0.117. The molecular weight excluding hydrogens is 418 g/mol. The van der Waals surface area contributed by atoms with Gasteiger partial charge < -0.3 is 24.4 Å². The van der Waals surface area contributed by atoms with Crippen LogP contribution in [0.3, 0.4) is 0 Å². The summed E-state index contributed by atoms with van der Waals surface area (Å²) in [6.45, 7) is 1.90. The lowest BCUT2D eigenvalue weighted by Gasteiger charge is -2.25. The van der Waals surface area contributed by atoms with Crippen molar-refractivity contribution in [3.05, 3.63) is 77.9 Å². The zero-order valence-electron chi connectivity index (χ0n) is 17.5. The maximum atomic E-state index is 12.5. The van der Waals surface area contributed by atoms with Crippen LogP contribution in [-0.4, -0.2) is 54.1 Å². The molecule has 0 aliphatic rings. The number of carboxylic acids is 1. The molecule has 32 heavy (non-hydrogen) atoms. The number of carbonyl (C=O) groups is 3. The summed E-state index contributed by atoms with van der Waals surface area (Å²) in [5.74, 6) is -1.35. The minimum atomic E-state index is -1.19. The fraction of sp³-hybridized carbons (Fsp3) is 0.261. The topological polar surface area (TPSA) is 131 Å². The number of hydrogen-bond donors (Lipinski definition) is 3. The van der Waals surface area contributed by atoms with Crippen molar-refractivity contribution in [2.24, 2.45) is 0 Å². The van der Waals surface area contributed by atoms with Crippen molar-refractivity contribution in [2.75, 3.05) is 19.8 Å². The largest absolute Gasteiger partial charge is 0.491 e. The lowest BCUT2D eigenvalue weighted by Crippen LogP contribution is -2.35. The third kappa shape index (κ3) is 7.86. The van der Waals surface area contributed by atoms with Gasteiger partial charge in [0.05, 0.1) is 6.61 Å². The van der Waals surface area contributed by atoms with Crippen LogP contribution in [0.5, 0.6) is 5.75 Å². The number of alkyl carbamates (subject to hydrolysis) is 1. The second kappa shape index (κ2) is 12.9. The van der Waals surface area contributed by atoms with Gasteiger partial charge in [-0.25, -0.2) is 9.59 Å². The SMILES string of the molecule is CCO[C@@H](/C=C/C(=O)O)[C@@H](OC(=O)NC(=O)c1ccccc1)c1ccc(OCCO)cc1. The lowest BCUT2D eigenvalue weighted by molar-refractivity contribution is -0.131. The van der Waals surface area contributed by atoms with Crippen molar-refractivity contribution in [3.8, 4) is 5.75 Å². The number of hydrogen-bond acceptors (Lipinski definition) is 7. The number of aliphatic carboxylic acids is 1. The van der Waals surface area contributed by atoms with Crippen LogP contribution in [0, 0.1) is 0 Å². The molecule has 2 aromatic rings. The summed E-state index contributed by atoms with van der Waals surface area (Å²) in [7, 11) is 0. The molecule has 3 N–H and O–H groups in total. The molecule has 0 aliphatic carbocycles. The van der Waals surface area contributed by atoms with Gasteiger partial charge in [-0.15, -0.1) is 0 Å². The molecule has 9 nitrogen and oxygen atoms in total. The molecule has 0 unspecified atom stereocenters. The van der Waals surface area contributed by atoms with E-state index in [-0.39, 0.29) is 25.4 Å². The molecule has 0 fully saturated rings. The van der Waals surface area contributed by atoms with Crippen LogP contribution in [0.25, 0.3) is 0 Å².